The van der Waals surface area contributed by atoms with Gasteiger partial charge in [0, 0.05) is 44.6 Å². The summed E-state index contributed by atoms with van der Waals surface area (Å²) in [6.07, 6.45) is 7.42. The maximum Gasteiger partial charge on any atom is 0.129 e. The van der Waals surface area contributed by atoms with Crippen LogP contribution in [0.25, 0.3) is 22.2 Å². The van der Waals surface area contributed by atoms with Crippen molar-refractivity contribution in [2.75, 3.05) is 32.3 Å². The van der Waals surface area contributed by atoms with Gasteiger partial charge in [-0.3, -0.25) is 0 Å². The molecule has 1 aliphatic carbocycles. The first-order chi connectivity index (χ1) is 19.0. The molecule has 1 saturated carbocycles. The molecule has 0 atom stereocenters. The summed E-state index contributed by atoms with van der Waals surface area (Å²) in [5.41, 5.74) is 10.7. The molecule has 0 aliphatic heterocycles. The zero-order chi connectivity index (χ0) is 27.4. The molecule has 0 radical (unpaired) electrons. The molecule has 0 saturated heterocycles. The molecule has 7 nitrogen and oxygen atoms in total. The van der Waals surface area contributed by atoms with Gasteiger partial charge >= 0.3 is 0 Å². The smallest absolute Gasteiger partial charge is 0.129 e. The van der Waals surface area contributed by atoms with E-state index in [2.05, 4.69) is 22.0 Å². The van der Waals surface area contributed by atoms with Gasteiger partial charge in [-0.25, -0.2) is 14.4 Å². The molecule has 4 aromatic rings. The molecule has 39 heavy (non-hydrogen) atoms. The maximum absolute atomic E-state index is 13.8. The maximum atomic E-state index is 13.8. The molecule has 2 aromatic carbocycles. The summed E-state index contributed by atoms with van der Waals surface area (Å²) in [7, 11) is 3.42. The first-order valence-electron chi connectivity index (χ1n) is 13.3. The highest BCUT2D eigenvalue weighted by Gasteiger charge is 2.31. The van der Waals surface area contributed by atoms with E-state index in [0.717, 1.165) is 59.2 Å². The number of methoxy groups -OCH3 is 2. The average Bonchev–Trinajstić information content (AvgIpc) is 3.33. The minimum Gasteiger partial charge on any atom is -0.382 e. The largest absolute Gasteiger partial charge is 0.382 e. The molecule has 5 rings (SSSR count). The van der Waals surface area contributed by atoms with Gasteiger partial charge in [0.15, 0.2) is 0 Å². The molecule has 0 spiro atoms. The van der Waals surface area contributed by atoms with Crippen molar-refractivity contribution in [1.82, 2.24) is 14.5 Å². The lowest BCUT2D eigenvalue weighted by Gasteiger charge is -2.41. The SMILES string of the molecule is COCC(COC)N(c1cc(-c2ccc3ncn(Cc4cccc(F)c4)c3c2)c(Cl)cn1)C1CCC(N)CC1. The molecule has 0 unspecified atom stereocenters. The summed E-state index contributed by atoms with van der Waals surface area (Å²) in [5.74, 6) is 0.584. The second-order valence-corrected chi connectivity index (χ2v) is 10.7. The summed E-state index contributed by atoms with van der Waals surface area (Å²) in [6, 6.07) is 15.3. The third-order valence-corrected chi connectivity index (χ3v) is 7.83. The molecule has 0 bridgehead atoms. The first kappa shape index (κ1) is 27.5. The van der Waals surface area contributed by atoms with E-state index in [-0.39, 0.29) is 23.9 Å². The van der Waals surface area contributed by atoms with Crippen LogP contribution in [-0.4, -0.2) is 60.1 Å². The zero-order valence-corrected chi connectivity index (χ0v) is 23.1. The monoisotopic (exact) mass is 551 g/mol. The molecule has 9 heteroatoms. The predicted octanol–water partition coefficient (Wildman–Crippen LogP) is 5.68. The van der Waals surface area contributed by atoms with Crippen molar-refractivity contribution in [1.29, 1.82) is 0 Å². The lowest BCUT2D eigenvalue weighted by atomic mass is 9.89. The first-order valence-corrected chi connectivity index (χ1v) is 13.7. The number of fused-ring (bicyclic) bond motifs is 1. The minimum absolute atomic E-state index is 0.00368. The van der Waals surface area contributed by atoms with E-state index in [1.165, 1.54) is 6.07 Å². The van der Waals surface area contributed by atoms with Crippen molar-refractivity contribution in [3.05, 3.63) is 77.5 Å². The Bertz CT molecular complexity index is 1400. The third kappa shape index (κ3) is 6.25. The number of pyridine rings is 1. The van der Waals surface area contributed by atoms with Gasteiger partial charge in [0.05, 0.1) is 41.6 Å². The second kappa shape index (κ2) is 12.4. The fourth-order valence-corrected chi connectivity index (χ4v) is 5.83. The summed E-state index contributed by atoms with van der Waals surface area (Å²) in [6.45, 7) is 1.54. The van der Waals surface area contributed by atoms with Gasteiger partial charge in [-0.15, -0.1) is 0 Å². The number of anilines is 1. The number of rotatable bonds is 10. The van der Waals surface area contributed by atoms with Gasteiger partial charge in [0.25, 0.3) is 0 Å². The number of nitrogens with two attached hydrogens (primary N) is 1. The molecule has 2 aromatic heterocycles. The minimum atomic E-state index is -0.251. The van der Waals surface area contributed by atoms with E-state index >= 15 is 0 Å². The zero-order valence-electron chi connectivity index (χ0n) is 22.4. The topological polar surface area (TPSA) is 78.4 Å². The van der Waals surface area contributed by atoms with Crippen LogP contribution in [0.3, 0.4) is 0 Å². The lowest BCUT2D eigenvalue weighted by Crippen LogP contribution is -2.50. The van der Waals surface area contributed by atoms with Crippen molar-refractivity contribution >= 4 is 28.5 Å². The van der Waals surface area contributed by atoms with Crippen molar-refractivity contribution in [2.24, 2.45) is 5.73 Å². The average molecular weight is 552 g/mol. The molecular weight excluding hydrogens is 517 g/mol. The van der Waals surface area contributed by atoms with Crippen LogP contribution in [0.15, 0.2) is 61.1 Å². The van der Waals surface area contributed by atoms with E-state index in [4.69, 9.17) is 31.8 Å². The van der Waals surface area contributed by atoms with E-state index in [1.807, 2.05) is 22.8 Å². The van der Waals surface area contributed by atoms with Crippen molar-refractivity contribution in [3.63, 3.8) is 0 Å². The molecule has 1 fully saturated rings. The predicted molar refractivity (Wildman–Crippen MR) is 154 cm³/mol. The van der Waals surface area contributed by atoms with Crippen LogP contribution in [-0.2, 0) is 16.0 Å². The van der Waals surface area contributed by atoms with Gasteiger partial charge in [-0.1, -0.05) is 29.8 Å². The van der Waals surface area contributed by atoms with Crippen LogP contribution in [0.5, 0.6) is 0 Å². The number of hydrogen-bond donors (Lipinski definition) is 1. The highest BCUT2D eigenvalue weighted by molar-refractivity contribution is 6.33. The molecule has 1 aliphatic rings. The number of ether oxygens (including phenoxy) is 2. The van der Waals surface area contributed by atoms with E-state index in [9.17, 15) is 4.39 Å². The van der Waals surface area contributed by atoms with Crippen LogP contribution in [0, 0.1) is 5.82 Å². The van der Waals surface area contributed by atoms with Crippen LogP contribution in [0.4, 0.5) is 10.2 Å². The van der Waals surface area contributed by atoms with E-state index in [0.29, 0.717) is 24.8 Å². The number of hydrogen-bond acceptors (Lipinski definition) is 6. The van der Waals surface area contributed by atoms with Crippen molar-refractivity contribution < 1.29 is 13.9 Å². The van der Waals surface area contributed by atoms with Gasteiger partial charge in [-0.2, -0.15) is 0 Å². The number of benzene rings is 2. The third-order valence-electron chi connectivity index (χ3n) is 7.53. The Balaban J connectivity index is 1.52. The van der Waals surface area contributed by atoms with Gasteiger partial charge in [-0.05, 0) is 67.1 Å². The Morgan fingerprint density at radius 2 is 1.82 bits per heavy atom. The highest BCUT2D eigenvalue weighted by atomic mass is 35.5. The van der Waals surface area contributed by atoms with Crippen molar-refractivity contribution in [2.45, 2.75) is 50.4 Å². The molecule has 0 amide bonds. The van der Waals surface area contributed by atoms with Crippen LogP contribution in [0.2, 0.25) is 5.02 Å². The Kier molecular flexibility index (Phi) is 8.77. The number of imidazole rings is 1. The lowest BCUT2D eigenvalue weighted by molar-refractivity contribution is 0.108. The highest BCUT2D eigenvalue weighted by Crippen LogP contribution is 2.35. The molecule has 206 valence electrons. The number of aromatic nitrogens is 3. The summed E-state index contributed by atoms with van der Waals surface area (Å²) < 4.78 is 27.0. The summed E-state index contributed by atoms with van der Waals surface area (Å²) >= 11 is 6.74. The van der Waals surface area contributed by atoms with E-state index in [1.54, 1.807) is 38.9 Å². The Morgan fingerprint density at radius 3 is 2.54 bits per heavy atom. The second-order valence-electron chi connectivity index (χ2n) is 10.3. The molecule has 2 heterocycles. The van der Waals surface area contributed by atoms with E-state index < -0.39 is 0 Å². The Morgan fingerprint density at radius 1 is 1.05 bits per heavy atom. The van der Waals surface area contributed by atoms with Gasteiger partial charge < -0.3 is 24.7 Å². The van der Waals surface area contributed by atoms with Crippen LogP contribution < -0.4 is 10.6 Å². The van der Waals surface area contributed by atoms with Crippen LogP contribution in [0.1, 0.15) is 31.2 Å². The van der Waals surface area contributed by atoms with Crippen LogP contribution >= 0.6 is 11.6 Å². The molecule has 2 N–H and O–H groups in total. The quantitative estimate of drug-likeness (QED) is 0.273. The number of halogens is 2. The fourth-order valence-electron chi connectivity index (χ4n) is 5.62. The normalized spacial score (nSPS) is 17.7. The standard InChI is InChI=1S/C30H35ClFN5O2/c1-38-17-25(18-39-2)37(24-9-7-23(33)8-10-24)30-14-26(27(31)15-34-30)21-6-11-28-29(13-21)36(19-35-28)16-20-4-3-5-22(32)12-20/h3-6,11-15,19,23-25H,7-10,16-18,33H2,1-2H3. The van der Waals surface area contributed by atoms with Gasteiger partial charge in [0.2, 0.25) is 0 Å². The summed E-state index contributed by atoms with van der Waals surface area (Å²) in [4.78, 5) is 11.7. The van der Waals surface area contributed by atoms with Gasteiger partial charge in [0.1, 0.15) is 11.6 Å². The molecular formula is C30H35ClFN5O2. The number of nitrogens with zero attached hydrogens (tertiary/aromatic N) is 4. The Labute approximate surface area is 233 Å². The fraction of sp³-hybridized carbons (Fsp3) is 0.400. The summed E-state index contributed by atoms with van der Waals surface area (Å²) in [5, 5.41) is 0.565. The van der Waals surface area contributed by atoms with Crippen molar-refractivity contribution in [3.8, 4) is 11.1 Å². The Hall–Kier alpha value is -3.04.